The van der Waals surface area contributed by atoms with Gasteiger partial charge in [-0.1, -0.05) is 0 Å². The molecule has 0 bridgehead atoms. The van der Waals surface area contributed by atoms with Gasteiger partial charge in [0.25, 0.3) is 0 Å². The first-order valence-corrected chi connectivity index (χ1v) is 6.06. The summed E-state index contributed by atoms with van der Waals surface area (Å²) in [5, 5.41) is 2.69. The van der Waals surface area contributed by atoms with Gasteiger partial charge in [-0.05, 0) is 42.5 Å². The Labute approximate surface area is 119 Å². The van der Waals surface area contributed by atoms with Crippen LogP contribution in [0.5, 0.6) is 0 Å². The number of ether oxygens (including phenoxy) is 1. The number of anilines is 1. The SMILES string of the molecule is COC(=O)C(Nc1ccc(F)cc1)c1cc(F)ccc1F. The number of benzene rings is 2. The van der Waals surface area contributed by atoms with Crippen LogP contribution in [-0.2, 0) is 9.53 Å². The summed E-state index contributed by atoms with van der Waals surface area (Å²) in [4.78, 5) is 11.8. The Bertz CT molecular complexity index is 644. The van der Waals surface area contributed by atoms with Crippen molar-refractivity contribution in [3.63, 3.8) is 0 Å². The minimum Gasteiger partial charge on any atom is -0.467 e. The molecule has 1 N–H and O–H groups in total. The average molecular weight is 295 g/mol. The second-order valence-electron chi connectivity index (χ2n) is 4.27. The quantitative estimate of drug-likeness (QED) is 0.878. The topological polar surface area (TPSA) is 38.3 Å². The molecule has 110 valence electrons. The highest BCUT2D eigenvalue weighted by atomic mass is 19.1. The maximum absolute atomic E-state index is 13.8. The zero-order valence-corrected chi connectivity index (χ0v) is 11.1. The number of methoxy groups -OCH3 is 1. The molecule has 0 radical (unpaired) electrons. The number of carbonyl (C=O) groups is 1. The molecule has 2 rings (SSSR count). The molecule has 0 aliphatic carbocycles. The molecular formula is C15H12F3NO2. The molecule has 0 heterocycles. The summed E-state index contributed by atoms with van der Waals surface area (Å²) < 4.78 is 44.5. The third-order valence-electron chi connectivity index (χ3n) is 2.86. The molecule has 0 aliphatic rings. The molecule has 1 atom stereocenters. The van der Waals surface area contributed by atoms with Crippen molar-refractivity contribution in [2.24, 2.45) is 0 Å². The number of nitrogens with one attached hydrogen (secondary N) is 1. The van der Waals surface area contributed by atoms with Gasteiger partial charge >= 0.3 is 5.97 Å². The van der Waals surface area contributed by atoms with Gasteiger partial charge in [-0.15, -0.1) is 0 Å². The van der Waals surface area contributed by atoms with Crippen molar-refractivity contribution in [3.8, 4) is 0 Å². The van der Waals surface area contributed by atoms with Crippen molar-refractivity contribution >= 4 is 11.7 Å². The van der Waals surface area contributed by atoms with Crippen LogP contribution in [0.3, 0.4) is 0 Å². The van der Waals surface area contributed by atoms with Crippen LogP contribution in [0.4, 0.5) is 18.9 Å². The highest BCUT2D eigenvalue weighted by molar-refractivity contribution is 5.81. The molecule has 0 amide bonds. The lowest BCUT2D eigenvalue weighted by Gasteiger charge is -2.18. The third-order valence-corrected chi connectivity index (χ3v) is 2.86. The molecule has 3 nitrogen and oxygen atoms in total. The number of esters is 1. The van der Waals surface area contributed by atoms with Crippen molar-refractivity contribution in [1.82, 2.24) is 0 Å². The normalized spacial score (nSPS) is 11.8. The number of rotatable bonds is 4. The van der Waals surface area contributed by atoms with Crippen LogP contribution in [0.2, 0.25) is 0 Å². The minimum absolute atomic E-state index is 0.189. The highest BCUT2D eigenvalue weighted by Gasteiger charge is 2.25. The molecule has 0 saturated carbocycles. The van der Waals surface area contributed by atoms with Crippen LogP contribution in [0.1, 0.15) is 11.6 Å². The van der Waals surface area contributed by atoms with E-state index in [-0.39, 0.29) is 5.56 Å². The summed E-state index contributed by atoms with van der Waals surface area (Å²) >= 11 is 0. The van der Waals surface area contributed by atoms with Gasteiger partial charge in [-0.3, -0.25) is 0 Å². The van der Waals surface area contributed by atoms with E-state index in [1.165, 1.54) is 24.3 Å². The van der Waals surface area contributed by atoms with E-state index in [4.69, 9.17) is 0 Å². The molecule has 6 heteroatoms. The Morgan fingerprint density at radius 1 is 1.05 bits per heavy atom. The minimum atomic E-state index is -1.24. The van der Waals surface area contributed by atoms with Crippen LogP contribution in [0.25, 0.3) is 0 Å². The van der Waals surface area contributed by atoms with Crippen molar-refractivity contribution in [1.29, 1.82) is 0 Å². The van der Waals surface area contributed by atoms with E-state index in [0.29, 0.717) is 5.69 Å². The van der Waals surface area contributed by atoms with Gasteiger partial charge in [0.2, 0.25) is 0 Å². The molecule has 2 aromatic rings. The fraction of sp³-hybridized carbons (Fsp3) is 0.133. The van der Waals surface area contributed by atoms with Gasteiger partial charge in [0.15, 0.2) is 6.04 Å². The molecule has 0 fully saturated rings. The predicted octanol–water partition coefficient (Wildman–Crippen LogP) is 3.43. The van der Waals surface area contributed by atoms with Gasteiger partial charge in [-0.2, -0.15) is 0 Å². The van der Waals surface area contributed by atoms with E-state index in [9.17, 15) is 18.0 Å². The first-order chi connectivity index (χ1) is 10.0. The third kappa shape index (κ3) is 3.53. The first-order valence-electron chi connectivity index (χ1n) is 6.06. The molecule has 0 saturated heterocycles. The van der Waals surface area contributed by atoms with Gasteiger partial charge in [-0.25, -0.2) is 18.0 Å². The van der Waals surface area contributed by atoms with Crippen LogP contribution < -0.4 is 5.32 Å². The summed E-state index contributed by atoms with van der Waals surface area (Å²) in [6.45, 7) is 0. The molecule has 0 aromatic heterocycles. The number of hydrogen-bond acceptors (Lipinski definition) is 3. The Morgan fingerprint density at radius 2 is 1.67 bits per heavy atom. The maximum atomic E-state index is 13.8. The zero-order valence-electron chi connectivity index (χ0n) is 11.1. The van der Waals surface area contributed by atoms with Crippen molar-refractivity contribution in [3.05, 3.63) is 65.5 Å². The Hall–Kier alpha value is -2.50. The number of hydrogen-bond donors (Lipinski definition) is 1. The molecule has 2 aromatic carbocycles. The molecular weight excluding hydrogens is 283 g/mol. The standard InChI is InChI=1S/C15H12F3NO2/c1-21-15(20)14(12-8-10(17)4-7-13(12)18)19-11-5-2-9(16)3-6-11/h2-8,14,19H,1H3. The van der Waals surface area contributed by atoms with Crippen LogP contribution in [0.15, 0.2) is 42.5 Å². The van der Waals surface area contributed by atoms with E-state index < -0.39 is 29.5 Å². The maximum Gasteiger partial charge on any atom is 0.333 e. The van der Waals surface area contributed by atoms with Crippen molar-refractivity contribution < 1.29 is 22.7 Å². The van der Waals surface area contributed by atoms with Gasteiger partial charge in [0.1, 0.15) is 17.5 Å². The largest absolute Gasteiger partial charge is 0.467 e. The fourth-order valence-electron chi connectivity index (χ4n) is 1.83. The highest BCUT2D eigenvalue weighted by Crippen LogP contribution is 2.24. The summed E-state index contributed by atoms with van der Waals surface area (Å²) in [5.41, 5.74) is 0.182. The Morgan fingerprint density at radius 3 is 2.29 bits per heavy atom. The summed E-state index contributed by atoms with van der Waals surface area (Å²) in [6.07, 6.45) is 0. The van der Waals surface area contributed by atoms with Crippen LogP contribution in [-0.4, -0.2) is 13.1 Å². The molecule has 0 spiro atoms. The summed E-state index contributed by atoms with van der Waals surface area (Å²) in [7, 11) is 1.14. The molecule has 0 aliphatic heterocycles. The van der Waals surface area contributed by atoms with Gasteiger partial charge in [0, 0.05) is 11.3 Å². The van der Waals surface area contributed by atoms with Gasteiger partial charge in [0.05, 0.1) is 7.11 Å². The monoisotopic (exact) mass is 295 g/mol. The second-order valence-corrected chi connectivity index (χ2v) is 4.27. The van der Waals surface area contributed by atoms with E-state index >= 15 is 0 Å². The van der Waals surface area contributed by atoms with E-state index in [0.717, 1.165) is 25.3 Å². The van der Waals surface area contributed by atoms with Crippen molar-refractivity contribution in [2.75, 3.05) is 12.4 Å². The second kappa shape index (κ2) is 6.30. The van der Waals surface area contributed by atoms with E-state index in [1.54, 1.807) is 0 Å². The summed E-state index contributed by atoms with van der Waals surface area (Å²) in [5.74, 6) is -2.67. The van der Waals surface area contributed by atoms with Gasteiger partial charge < -0.3 is 10.1 Å². The smallest absolute Gasteiger partial charge is 0.333 e. The fourth-order valence-corrected chi connectivity index (χ4v) is 1.83. The lowest BCUT2D eigenvalue weighted by atomic mass is 10.1. The Balaban J connectivity index is 2.36. The first kappa shape index (κ1) is 14.9. The molecule has 1 unspecified atom stereocenters. The van der Waals surface area contributed by atoms with Crippen LogP contribution in [0, 0.1) is 17.5 Å². The summed E-state index contributed by atoms with van der Waals surface area (Å²) in [6, 6.07) is 6.66. The van der Waals surface area contributed by atoms with Crippen molar-refractivity contribution in [2.45, 2.75) is 6.04 Å². The average Bonchev–Trinajstić information content (AvgIpc) is 2.48. The molecule has 21 heavy (non-hydrogen) atoms. The van der Waals surface area contributed by atoms with Crippen LogP contribution >= 0.6 is 0 Å². The zero-order chi connectivity index (χ0) is 15.4. The lowest BCUT2D eigenvalue weighted by molar-refractivity contribution is -0.141. The number of carbonyl (C=O) groups excluding carboxylic acids is 1. The number of halogens is 3. The van der Waals surface area contributed by atoms with E-state index in [2.05, 4.69) is 10.1 Å². The lowest BCUT2D eigenvalue weighted by Crippen LogP contribution is -2.23. The van der Waals surface area contributed by atoms with E-state index in [1.807, 2.05) is 0 Å². The predicted molar refractivity (Wildman–Crippen MR) is 71.1 cm³/mol. The Kier molecular flexibility index (Phi) is 4.47.